The summed E-state index contributed by atoms with van der Waals surface area (Å²) in [4.78, 5) is 4.03. The fourth-order valence-corrected chi connectivity index (χ4v) is 2.66. The number of hydrogen-bond donors (Lipinski definition) is 2. The van der Waals surface area contributed by atoms with Gasteiger partial charge in [-0.2, -0.15) is 0 Å². The second kappa shape index (κ2) is 7.16. The summed E-state index contributed by atoms with van der Waals surface area (Å²) in [6.07, 6.45) is 3.22. The smallest absolute Gasteiger partial charge is 0.240 e. The van der Waals surface area contributed by atoms with Crippen molar-refractivity contribution in [1.82, 2.24) is 9.71 Å². The molecular formula is C14H16N2O4S. The van der Waals surface area contributed by atoms with Crippen molar-refractivity contribution < 1.29 is 18.3 Å². The van der Waals surface area contributed by atoms with Gasteiger partial charge in [-0.05, 0) is 42.0 Å². The molecule has 1 heterocycles. The van der Waals surface area contributed by atoms with Gasteiger partial charge in [-0.1, -0.05) is 0 Å². The Hall–Kier alpha value is -1.96. The van der Waals surface area contributed by atoms with E-state index in [1.54, 1.807) is 36.7 Å². The van der Waals surface area contributed by atoms with Crippen LogP contribution in [0.1, 0.15) is 5.56 Å². The number of pyridine rings is 1. The maximum Gasteiger partial charge on any atom is 0.240 e. The molecule has 2 aromatic rings. The molecule has 0 bridgehead atoms. The van der Waals surface area contributed by atoms with Gasteiger partial charge < -0.3 is 9.84 Å². The summed E-state index contributed by atoms with van der Waals surface area (Å²) in [5.41, 5.74) is 0.830. The van der Waals surface area contributed by atoms with Crippen LogP contribution in [0, 0.1) is 0 Å². The molecule has 0 fully saturated rings. The maximum atomic E-state index is 12.1. The van der Waals surface area contributed by atoms with E-state index in [2.05, 4.69) is 9.71 Å². The lowest BCUT2D eigenvalue weighted by atomic mass is 10.3. The summed E-state index contributed by atoms with van der Waals surface area (Å²) in [5.74, 6) is 0.511. The van der Waals surface area contributed by atoms with E-state index in [0.717, 1.165) is 5.56 Å². The lowest BCUT2D eigenvalue weighted by molar-refractivity contribution is 0.201. The first-order chi connectivity index (χ1) is 10.1. The molecule has 0 unspecified atom stereocenters. The first-order valence-electron chi connectivity index (χ1n) is 6.34. The third-order valence-corrected chi connectivity index (χ3v) is 4.13. The molecule has 0 atom stereocenters. The molecule has 2 N–H and O–H groups in total. The van der Waals surface area contributed by atoms with Gasteiger partial charge in [0.2, 0.25) is 10.0 Å². The van der Waals surface area contributed by atoms with Gasteiger partial charge in [0, 0.05) is 18.9 Å². The van der Waals surface area contributed by atoms with Crippen LogP contribution < -0.4 is 9.46 Å². The highest BCUT2D eigenvalue weighted by molar-refractivity contribution is 7.89. The van der Waals surface area contributed by atoms with Crippen molar-refractivity contribution in [2.75, 3.05) is 13.2 Å². The number of sulfonamides is 1. The number of nitrogens with one attached hydrogen (secondary N) is 1. The average Bonchev–Trinajstić information content (AvgIpc) is 2.52. The predicted molar refractivity (Wildman–Crippen MR) is 77.3 cm³/mol. The molecule has 21 heavy (non-hydrogen) atoms. The second-order valence-corrected chi connectivity index (χ2v) is 5.99. The Morgan fingerprint density at radius 2 is 1.76 bits per heavy atom. The minimum atomic E-state index is -3.57. The largest absolute Gasteiger partial charge is 0.491 e. The first-order valence-corrected chi connectivity index (χ1v) is 7.82. The van der Waals surface area contributed by atoms with Crippen molar-refractivity contribution in [3.8, 4) is 5.75 Å². The van der Waals surface area contributed by atoms with Crippen LogP contribution in [0.15, 0.2) is 53.7 Å². The number of hydrogen-bond acceptors (Lipinski definition) is 5. The zero-order valence-corrected chi connectivity index (χ0v) is 12.1. The molecule has 0 saturated heterocycles. The standard InChI is InChI=1S/C14H16N2O4S/c17-9-10-20-13-1-3-14(4-2-13)21(18,19)16-11-12-5-7-15-8-6-12/h1-8,16-17H,9-11H2. The van der Waals surface area contributed by atoms with E-state index in [1.807, 2.05) is 0 Å². The maximum absolute atomic E-state index is 12.1. The molecule has 1 aromatic heterocycles. The number of aliphatic hydroxyl groups is 1. The SMILES string of the molecule is O=S(=O)(NCc1ccncc1)c1ccc(OCCO)cc1. The monoisotopic (exact) mass is 308 g/mol. The molecule has 0 aliphatic carbocycles. The molecule has 0 aliphatic rings. The Morgan fingerprint density at radius 3 is 2.38 bits per heavy atom. The molecule has 0 amide bonds. The molecule has 1 aromatic carbocycles. The number of aliphatic hydroxyl groups excluding tert-OH is 1. The Kier molecular flexibility index (Phi) is 5.26. The summed E-state index contributed by atoms with van der Waals surface area (Å²) >= 11 is 0. The van der Waals surface area contributed by atoms with Gasteiger partial charge in [0.25, 0.3) is 0 Å². The predicted octanol–water partition coefficient (Wildman–Crippen LogP) is 0.931. The van der Waals surface area contributed by atoms with Gasteiger partial charge in [-0.15, -0.1) is 0 Å². The van der Waals surface area contributed by atoms with Crippen LogP contribution in [0.2, 0.25) is 0 Å². The minimum absolute atomic E-state index is 0.0897. The van der Waals surface area contributed by atoms with Gasteiger partial charge >= 0.3 is 0 Å². The Labute approximate surface area is 123 Å². The van der Waals surface area contributed by atoms with Crippen LogP contribution in [0.3, 0.4) is 0 Å². The van der Waals surface area contributed by atoms with E-state index in [1.165, 1.54) is 12.1 Å². The van der Waals surface area contributed by atoms with E-state index in [-0.39, 0.29) is 24.7 Å². The minimum Gasteiger partial charge on any atom is -0.491 e. The normalized spacial score (nSPS) is 11.3. The fourth-order valence-electron chi connectivity index (χ4n) is 1.64. The van der Waals surface area contributed by atoms with E-state index < -0.39 is 10.0 Å². The van der Waals surface area contributed by atoms with Crippen molar-refractivity contribution >= 4 is 10.0 Å². The molecule has 2 rings (SSSR count). The number of benzene rings is 1. The molecule has 0 saturated carbocycles. The summed E-state index contributed by atoms with van der Waals surface area (Å²) in [6.45, 7) is 0.285. The van der Waals surface area contributed by atoms with Gasteiger partial charge in [-0.25, -0.2) is 13.1 Å². The summed E-state index contributed by atoms with van der Waals surface area (Å²) in [6, 6.07) is 9.51. The fraction of sp³-hybridized carbons (Fsp3) is 0.214. The Bertz CT molecular complexity index is 657. The molecule has 6 nitrogen and oxygen atoms in total. The molecular weight excluding hydrogens is 292 g/mol. The van der Waals surface area contributed by atoms with Crippen molar-refractivity contribution in [1.29, 1.82) is 0 Å². The highest BCUT2D eigenvalue weighted by Gasteiger charge is 2.13. The third kappa shape index (κ3) is 4.52. The van der Waals surface area contributed by atoms with E-state index in [9.17, 15) is 8.42 Å². The van der Waals surface area contributed by atoms with E-state index in [0.29, 0.717) is 5.75 Å². The number of ether oxygens (including phenoxy) is 1. The second-order valence-electron chi connectivity index (χ2n) is 4.22. The summed E-state index contributed by atoms with van der Waals surface area (Å²) in [5, 5.41) is 8.65. The van der Waals surface area contributed by atoms with Crippen molar-refractivity contribution in [3.05, 3.63) is 54.4 Å². The van der Waals surface area contributed by atoms with E-state index in [4.69, 9.17) is 9.84 Å². The van der Waals surface area contributed by atoms with Crippen LogP contribution in [0.5, 0.6) is 5.75 Å². The van der Waals surface area contributed by atoms with Gasteiger partial charge in [-0.3, -0.25) is 4.98 Å². The average molecular weight is 308 g/mol. The molecule has 7 heteroatoms. The Balaban J connectivity index is 2.02. The number of nitrogens with zero attached hydrogens (tertiary/aromatic N) is 1. The van der Waals surface area contributed by atoms with Crippen LogP contribution in [-0.2, 0) is 16.6 Å². The van der Waals surface area contributed by atoms with Crippen molar-refractivity contribution in [2.24, 2.45) is 0 Å². The van der Waals surface area contributed by atoms with Gasteiger partial charge in [0.15, 0.2) is 0 Å². The first kappa shape index (κ1) is 15.4. The third-order valence-electron chi connectivity index (χ3n) is 2.71. The van der Waals surface area contributed by atoms with Crippen LogP contribution >= 0.6 is 0 Å². The van der Waals surface area contributed by atoms with Crippen molar-refractivity contribution in [2.45, 2.75) is 11.4 Å². The van der Waals surface area contributed by atoms with Crippen LogP contribution in [-0.4, -0.2) is 31.7 Å². The quantitative estimate of drug-likeness (QED) is 0.794. The Morgan fingerprint density at radius 1 is 1.10 bits per heavy atom. The molecule has 0 spiro atoms. The van der Waals surface area contributed by atoms with Crippen LogP contribution in [0.25, 0.3) is 0 Å². The van der Waals surface area contributed by atoms with Crippen LogP contribution in [0.4, 0.5) is 0 Å². The number of rotatable bonds is 7. The highest BCUT2D eigenvalue weighted by Crippen LogP contribution is 2.16. The lowest BCUT2D eigenvalue weighted by Gasteiger charge is -2.08. The van der Waals surface area contributed by atoms with Crippen molar-refractivity contribution in [3.63, 3.8) is 0 Å². The highest BCUT2D eigenvalue weighted by atomic mass is 32.2. The van der Waals surface area contributed by atoms with E-state index >= 15 is 0 Å². The zero-order valence-electron chi connectivity index (χ0n) is 11.3. The molecule has 112 valence electrons. The lowest BCUT2D eigenvalue weighted by Crippen LogP contribution is -2.23. The summed E-state index contributed by atoms with van der Waals surface area (Å²) in [7, 11) is -3.57. The zero-order chi connectivity index (χ0) is 15.1. The van der Waals surface area contributed by atoms with Gasteiger partial charge in [0.1, 0.15) is 12.4 Å². The topological polar surface area (TPSA) is 88.5 Å². The molecule has 0 radical (unpaired) electrons. The summed E-state index contributed by atoms with van der Waals surface area (Å²) < 4.78 is 31.9. The molecule has 0 aliphatic heterocycles. The number of aromatic nitrogens is 1. The van der Waals surface area contributed by atoms with Gasteiger partial charge in [0.05, 0.1) is 11.5 Å².